The number of rotatable bonds is 8. The van der Waals surface area contributed by atoms with Crippen LogP contribution < -0.4 is 5.32 Å². The van der Waals surface area contributed by atoms with Gasteiger partial charge < -0.3 is 15.2 Å². The summed E-state index contributed by atoms with van der Waals surface area (Å²) in [6.07, 6.45) is 1.96. The number of phenolic OH excluding ortho intramolecular Hbond substituents is 1. The Kier molecular flexibility index (Phi) is 6.68. The molecule has 0 fully saturated rings. The van der Waals surface area contributed by atoms with Crippen molar-refractivity contribution in [2.24, 2.45) is 0 Å². The molecule has 18 heavy (non-hydrogen) atoms. The van der Waals surface area contributed by atoms with Crippen molar-refractivity contribution in [1.29, 1.82) is 0 Å². The van der Waals surface area contributed by atoms with Crippen LogP contribution in [0.4, 0.5) is 4.39 Å². The average Bonchev–Trinajstić information content (AvgIpc) is 2.33. The Labute approximate surface area is 108 Å². The van der Waals surface area contributed by atoms with Crippen molar-refractivity contribution in [2.45, 2.75) is 32.7 Å². The highest BCUT2D eigenvalue weighted by atomic mass is 19.1. The summed E-state index contributed by atoms with van der Waals surface area (Å²) in [4.78, 5) is 0. The van der Waals surface area contributed by atoms with E-state index < -0.39 is 5.82 Å². The van der Waals surface area contributed by atoms with Gasteiger partial charge in [-0.2, -0.15) is 0 Å². The predicted octanol–water partition coefficient (Wildman–Crippen LogP) is 3.00. The van der Waals surface area contributed by atoms with Crippen LogP contribution in [0.5, 0.6) is 5.75 Å². The first-order valence-corrected chi connectivity index (χ1v) is 6.44. The second-order valence-corrected chi connectivity index (χ2v) is 4.34. The minimum Gasteiger partial charge on any atom is -0.508 e. The maximum Gasteiger partial charge on any atom is 0.126 e. The minimum atomic E-state index is -0.420. The summed E-state index contributed by atoms with van der Waals surface area (Å²) in [5.74, 6) is -0.423. The Morgan fingerprint density at radius 2 is 2.17 bits per heavy atom. The third-order valence-corrected chi connectivity index (χ3v) is 2.72. The maximum atomic E-state index is 12.8. The highest BCUT2D eigenvalue weighted by Gasteiger charge is 2.09. The van der Waals surface area contributed by atoms with Crippen molar-refractivity contribution < 1.29 is 14.2 Å². The van der Waals surface area contributed by atoms with Crippen molar-refractivity contribution in [1.82, 2.24) is 5.32 Å². The number of halogens is 1. The van der Waals surface area contributed by atoms with E-state index in [1.165, 1.54) is 6.07 Å². The SMILES string of the molecule is CCCOCCCNC(C)c1ccc(F)cc1O. The van der Waals surface area contributed by atoms with Crippen LogP contribution in [-0.4, -0.2) is 24.9 Å². The van der Waals surface area contributed by atoms with Gasteiger partial charge in [0.05, 0.1) is 0 Å². The number of benzene rings is 1. The molecule has 0 aliphatic heterocycles. The first-order chi connectivity index (χ1) is 8.65. The van der Waals surface area contributed by atoms with Gasteiger partial charge in [0.1, 0.15) is 11.6 Å². The summed E-state index contributed by atoms with van der Waals surface area (Å²) < 4.78 is 18.2. The van der Waals surface area contributed by atoms with Crippen LogP contribution in [0.15, 0.2) is 18.2 Å². The molecule has 0 saturated carbocycles. The predicted molar refractivity (Wildman–Crippen MR) is 70.2 cm³/mol. The van der Waals surface area contributed by atoms with Gasteiger partial charge in [0.2, 0.25) is 0 Å². The molecule has 1 unspecified atom stereocenters. The van der Waals surface area contributed by atoms with E-state index in [9.17, 15) is 9.50 Å². The number of phenols is 1. The normalized spacial score (nSPS) is 12.6. The second-order valence-electron chi connectivity index (χ2n) is 4.34. The molecular weight excluding hydrogens is 233 g/mol. The fraction of sp³-hybridized carbons (Fsp3) is 0.571. The highest BCUT2D eigenvalue weighted by Crippen LogP contribution is 2.24. The van der Waals surface area contributed by atoms with Crippen LogP contribution in [0.3, 0.4) is 0 Å². The van der Waals surface area contributed by atoms with E-state index in [0.717, 1.165) is 38.7 Å². The van der Waals surface area contributed by atoms with Gasteiger partial charge in [0, 0.05) is 30.9 Å². The summed E-state index contributed by atoms with van der Waals surface area (Å²) in [7, 11) is 0. The quantitative estimate of drug-likeness (QED) is 0.702. The molecule has 2 N–H and O–H groups in total. The molecule has 102 valence electrons. The van der Waals surface area contributed by atoms with Crippen molar-refractivity contribution in [2.75, 3.05) is 19.8 Å². The van der Waals surface area contributed by atoms with Crippen LogP contribution in [0.1, 0.15) is 38.3 Å². The fourth-order valence-electron chi connectivity index (χ4n) is 1.73. The Balaban J connectivity index is 2.29. The lowest BCUT2D eigenvalue weighted by molar-refractivity contribution is 0.132. The number of hydrogen-bond donors (Lipinski definition) is 2. The van der Waals surface area contributed by atoms with E-state index in [2.05, 4.69) is 12.2 Å². The molecule has 1 aromatic carbocycles. The third-order valence-electron chi connectivity index (χ3n) is 2.72. The molecule has 1 atom stereocenters. The first-order valence-electron chi connectivity index (χ1n) is 6.44. The largest absolute Gasteiger partial charge is 0.508 e. The smallest absolute Gasteiger partial charge is 0.126 e. The molecule has 0 radical (unpaired) electrons. The van der Waals surface area contributed by atoms with Crippen LogP contribution in [0, 0.1) is 5.82 Å². The van der Waals surface area contributed by atoms with Crippen LogP contribution in [0.25, 0.3) is 0 Å². The summed E-state index contributed by atoms with van der Waals surface area (Å²) in [5.41, 5.74) is 0.714. The van der Waals surface area contributed by atoms with Gasteiger partial charge in [0.15, 0.2) is 0 Å². The zero-order valence-corrected chi connectivity index (χ0v) is 11.1. The summed E-state index contributed by atoms with van der Waals surface area (Å²) >= 11 is 0. The van der Waals surface area contributed by atoms with Gasteiger partial charge in [0.25, 0.3) is 0 Å². The van der Waals surface area contributed by atoms with E-state index >= 15 is 0 Å². The van der Waals surface area contributed by atoms with Crippen LogP contribution in [0.2, 0.25) is 0 Å². The minimum absolute atomic E-state index is 0.00256. The monoisotopic (exact) mass is 255 g/mol. The molecule has 0 aliphatic carbocycles. The molecule has 0 spiro atoms. The number of ether oxygens (including phenoxy) is 1. The molecular formula is C14H22FNO2. The molecule has 1 rings (SSSR count). The molecule has 0 amide bonds. The van der Waals surface area contributed by atoms with E-state index in [4.69, 9.17) is 4.74 Å². The summed E-state index contributed by atoms with van der Waals surface area (Å²) in [6.45, 7) is 6.37. The first kappa shape index (κ1) is 14.9. The van der Waals surface area contributed by atoms with Gasteiger partial charge >= 0.3 is 0 Å². The number of nitrogens with one attached hydrogen (secondary N) is 1. The average molecular weight is 255 g/mol. The Morgan fingerprint density at radius 3 is 2.83 bits per heavy atom. The van der Waals surface area contributed by atoms with Crippen molar-refractivity contribution in [3.63, 3.8) is 0 Å². The lowest BCUT2D eigenvalue weighted by atomic mass is 10.1. The van der Waals surface area contributed by atoms with E-state index in [1.54, 1.807) is 6.07 Å². The Bertz CT molecular complexity index is 358. The lowest BCUT2D eigenvalue weighted by Crippen LogP contribution is -2.21. The van der Waals surface area contributed by atoms with Gasteiger partial charge in [-0.1, -0.05) is 13.0 Å². The van der Waals surface area contributed by atoms with Crippen molar-refractivity contribution >= 4 is 0 Å². The second kappa shape index (κ2) is 8.06. The Morgan fingerprint density at radius 1 is 1.39 bits per heavy atom. The molecule has 4 heteroatoms. The van der Waals surface area contributed by atoms with E-state index in [1.807, 2.05) is 6.92 Å². The third kappa shape index (κ3) is 5.02. The fourth-order valence-corrected chi connectivity index (χ4v) is 1.73. The maximum absolute atomic E-state index is 12.8. The molecule has 0 aliphatic rings. The van der Waals surface area contributed by atoms with Gasteiger partial charge in [-0.3, -0.25) is 0 Å². The zero-order valence-electron chi connectivity index (χ0n) is 11.1. The molecule has 3 nitrogen and oxygen atoms in total. The summed E-state index contributed by atoms with van der Waals surface area (Å²) in [6, 6.07) is 4.10. The van der Waals surface area contributed by atoms with Crippen LogP contribution in [-0.2, 0) is 4.74 Å². The lowest BCUT2D eigenvalue weighted by Gasteiger charge is -2.15. The topological polar surface area (TPSA) is 41.5 Å². The Hall–Kier alpha value is -1.13. The van der Waals surface area contributed by atoms with Gasteiger partial charge in [-0.05, 0) is 32.4 Å². The molecule has 1 aromatic rings. The molecule has 0 saturated heterocycles. The standard InChI is InChI=1S/C14H22FNO2/c1-3-8-18-9-4-7-16-11(2)13-6-5-12(15)10-14(13)17/h5-6,10-11,16-17H,3-4,7-9H2,1-2H3. The molecule has 0 aromatic heterocycles. The van der Waals surface area contributed by atoms with E-state index in [-0.39, 0.29) is 11.8 Å². The zero-order chi connectivity index (χ0) is 13.4. The number of hydrogen-bond acceptors (Lipinski definition) is 3. The van der Waals surface area contributed by atoms with E-state index in [0.29, 0.717) is 5.56 Å². The van der Waals surface area contributed by atoms with Crippen molar-refractivity contribution in [3.05, 3.63) is 29.6 Å². The van der Waals surface area contributed by atoms with Crippen molar-refractivity contribution in [3.8, 4) is 5.75 Å². The van der Waals surface area contributed by atoms with Gasteiger partial charge in [-0.15, -0.1) is 0 Å². The molecule has 0 heterocycles. The number of aromatic hydroxyl groups is 1. The highest BCUT2D eigenvalue weighted by molar-refractivity contribution is 5.34. The van der Waals surface area contributed by atoms with Gasteiger partial charge in [-0.25, -0.2) is 4.39 Å². The van der Waals surface area contributed by atoms with Crippen LogP contribution >= 0.6 is 0 Å². The molecule has 0 bridgehead atoms. The summed E-state index contributed by atoms with van der Waals surface area (Å²) in [5, 5.41) is 12.9.